The Labute approximate surface area is 118 Å². The van der Waals surface area contributed by atoms with E-state index in [0.717, 1.165) is 5.56 Å². The number of carbonyl (C=O) groups is 2. The van der Waals surface area contributed by atoms with E-state index in [1.165, 1.54) is 7.11 Å². The molecule has 0 fully saturated rings. The normalized spacial score (nSPS) is 10.1. The van der Waals surface area contributed by atoms with Crippen LogP contribution < -0.4 is 4.74 Å². The van der Waals surface area contributed by atoms with Gasteiger partial charge >= 0.3 is 0 Å². The van der Waals surface area contributed by atoms with E-state index in [0.29, 0.717) is 16.9 Å². The molecule has 0 aliphatic rings. The molecule has 0 heterocycles. The lowest BCUT2D eigenvalue weighted by Crippen LogP contribution is -2.09. The Morgan fingerprint density at radius 3 is 2.35 bits per heavy atom. The smallest absolute Gasteiger partial charge is 0.174 e. The van der Waals surface area contributed by atoms with E-state index in [1.54, 1.807) is 36.4 Å². The van der Waals surface area contributed by atoms with E-state index in [9.17, 15) is 9.59 Å². The van der Waals surface area contributed by atoms with Crippen LogP contribution in [-0.4, -0.2) is 18.7 Å². The van der Waals surface area contributed by atoms with Gasteiger partial charge in [-0.25, -0.2) is 0 Å². The molecule has 0 N–H and O–H groups in total. The summed E-state index contributed by atoms with van der Waals surface area (Å²) in [7, 11) is 1.52. The molecule has 0 aliphatic heterocycles. The van der Waals surface area contributed by atoms with Crippen molar-refractivity contribution in [2.75, 3.05) is 7.11 Å². The monoisotopic (exact) mass is 268 g/mol. The van der Waals surface area contributed by atoms with Gasteiger partial charge in [0.15, 0.2) is 11.6 Å². The summed E-state index contributed by atoms with van der Waals surface area (Å²) < 4.78 is 5.20. The van der Waals surface area contributed by atoms with Crippen LogP contribution in [0, 0.1) is 6.92 Å². The maximum atomic E-state index is 12.2. The number of ketones is 2. The third kappa shape index (κ3) is 3.12. The highest BCUT2D eigenvalue weighted by Gasteiger charge is 2.17. The minimum Gasteiger partial charge on any atom is -0.496 e. The molecule has 2 rings (SSSR count). The predicted octanol–water partition coefficient (Wildman–Crippen LogP) is 3.46. The first-order chi connectivity index (χ1) is 9.61. The second-order valence-corrected chi connectivity index (χ2v) is 4.59. The molecule has 0 amide bonds. The Kier molecular flexibility index (Phi) is 4.31. The van der Waals surface area contributed by atoms with Gasteiger partial charge in [0.1, 0.15) is 5.75 Å². The molecular weight excluding hydrogens is 252 g/mol. The third-order valence-electron chi connectivity index (χ3n) is 3.07. The zero-order valence-electron chi connectivity index (χ0n) is 11.6. The highest BCUT2D eigenvalue weighted by atomic mass is 16.5. The van der Waals surface area contributed by atoms with Crippen LogP contribution in [0.3, 0.4) is 0 Å². The fourth-order valence-electron chi connectivity index (χ4n) is 2.00. The average Bonchev–Trinajstić information content (AvgIpc) is 2.47. The lowest BCUT2D eigenvalue weighted by molar-refractivity contribution is 0.0893. The van der Waals surface area contributed by atoms with E-state index in [1.807, 2.05) is 19.1 Å². The van der Waals surface area contributed by atoms with E-state index < -0.39 is 0 Å². The van der Waals surface area contributed by atoms with Gasteiger partial charge in [0.05, 0.1) is 19.1 Å². The SMILES string of the molecule is COc1cc(C)ccc1C(=O)CC(=O)c1ccccc1. The summed E-state index contributed by atoms with van der Waals surface area (Å²) in [6.45, 7) is 1.92. The Hall–Kier alpha value is -2.42. The van der Waals surface area contributed by atoms with Crippen molar-refractivity contribution in [1.29, 1.82) is 0 Å². The number of ether oxygens (including phenoxy) is 1. The minimum absolute atomic E-state index is 0.149. The molecule has 0 aliphatic carbocycles. The summed E-state index contributed by atoms with van der Waals surface area (Å²) in [5.41, 5.74) is 2.00. The zero-order chi connectivity index (χ0) is 14.5. The molecule has 2 aromatic rings. The quantitative estimate of drug-likeness (QED) is 0.616. The van der Waals surface area contributed by atoms with Gasteiger partial charge in [-0.1, -0.05) is 36.4 Å². The number of carbonyl (C=O) groups excluding carboxylic acids is 2. The van der Waals surface area contributed by atoms with Crippen molar-refractivity contribution in [2.45, 2.75) is 13.3 Å². The number of aryl methyl sites for hydroxylation is 1. The van der Waals surface area contributed by atoms with E-state index in [-0.39, 0.29) is 18.0 Å². The second kappa shape index (κ2) is 6.15. The summed E-state index contributed by atoms with van der Waals surface area (Å²) in [6.07, 6.45) is -0.149. The topological polar surface area (TPSA) is 43.4 Å². The predicted molar refractivity (Wildman–Crippen MR) is 77.5 cm³/mol. The molecule has 3 nitrogen and oxygen atoms in total. The second-order valence-electron chi connectivity index (χ2n) is 4.59. The molecule has 0 radical (unpaired) electrons. The number of methoxy groups -OCH3 is 1. The Morgan fingerprint density at radius 1 is 1.00 bits per heavy atom. The van der Waals surface area contributed by atoms with Crippen molar-refractivity contribution >= 4 is 11.6 Å². The van der Waals surface area contributed by atoms with E-state index >= 15 is 0 Å². The van der Waals surface area contributed by atoms with Gasteiger partial charge in [0, 0.05) is 5.56 Å². The van der Waals surface area contributed by atoms with Crippen molar-refractivity contribution < 1.29 is 14.3 Å². The van der Waals surface area contributed by atoms with Crippen molar-refractivity contribution in [3.63, 3.8) is 0 Å². The van der Waals surface area contributed by atoms with Crippen LogP contribution in [-0.2, 0) is 0 Å². The minimum atomic E-state index is -0.226. The van der Waals surface area contributed by atoms with Crippen LogP contribution in [0.15, 0.2) is 48.5 Å². The first-order valence-electron chi connectivity index (χ1n) is 6.38. The van der Waals surface area contributed by atoms with Gasteiger partial charge in [-0.15, -0.1) is 0 Å². The molecule has 0 saturated carbocycles. The molecule has 0 saturated heterocycles. The largest absolute Gasteiger partial charge is 0.496 e. The van der Waals surface area contributed by atoms with Gasteiger partial charge in [-0.3, -0.25) is 9.59 Å². The zero-order valence-corrected chi connectivity index (χ0v) is 11.6. The highest BCUT2D eigenvalue weighted by molar-refractivity contribution is 6.14. The first-order valence-corrected chi connectivity index (χ1v) is 6.38. The lowest BCUT2D eigenvalue weighted by atomic mass is 10.00. The standard InChI is InChI=1S/C17H16O3/c1-12-8-9-14(17(10-12)20-2)16(19)11-15(18)13-6-4-3-5-7-13/h3-10H,11H2,1-2H3. The van der Waals surface area contributed by atoms with Gasteiger partial charge < -0.3 is 4.74 Å². The fraction of sp³-hybridized carbons (Fsp3) is 0.176. The summed E-state index contributed by atoms with van der Waals surface area (Å²) in [4.78, 5) is 24.3. The van der Waals surface area contributed by atoms with Crippen LogP contribution in [0.25, 0.3) is 0 Å². The Balaban J connectivity index is 2.19. The van der Waals surface area contributed by atoms with Crippen LogP contribution in [0.2, 0.25) is 0 Å². The summed E-state index contributed by atoms with van der Waals surface area (Å²) >= 11 is 0. The third-order valence-corrected chi connectivity index (χ3v) is 3.07. The van der Waals surface area contributed by atoms with Gasteiger partial charge in [-0.05, 0) is 24.6 Å². The summed E-state index contributed by atoms with van der Waals surface area (Å²) in [5, 5.41) is 0. The lowest BCUT2D eigenvalue weighted by Gasteiger charge is -2.08. The molecule has 2 aromatic carbocycles. The summed E-state index contributed by atoms with van der Waals surface area (Å²) in [5.74, 6) is 0.102. The van der Waals surface area contributed by atoms with Gasteiger partial charge in [-0.2, -0.15) is 0 Å². The number of hydrogen-bond acceptors (Lipinski definition) is 3. The van der Waals surface area contributed by atoms with Crippen LogP contribution in [0.4, 0.5) is 0 Å². The molecule has 0 atom stereocenters. The van der Waals surface area contributed by atoms with Crippen molar-refractivity contribution in [2.24, 2.45) is 0 Å². The molecule has 102 valence electrons. The van der Waals surface area contributed by atoms with E-state index in [2.05, 4.69) is 0 Å². The molecule has 0 bridgehead atoms. The van der Waals surface area contributed by atoms with Crippen LogP contribution in [0.5, 0.6) is 5.75 Å². The van der Waals surface area contributed by atoms with Crippen molar-refractivity contribution in [1.82, 2.24) is 0 Å². The number of Topliss-reactive ketones (excluding diaryl/α,β-unsaturated/α-hetero) is 2. The number of rotatable bonds is 5. The maximum absolute atomic E-state index is 12.2. The Morgan fingerprint density at radius 2 is 1.70 bits per heavy atom. The molecule has 0 aromatic heterocycles. The summed E-state index contributed by atoms with van der Waals surface area (Å²) in [6, 6.07) is 14.2. The van der Waals surface area contributed by atoms with Gasteiger partial charge in [0.25, 0.3) is 0 Å². The van der Waals surface area contributed by atoms with Gasteiger partial charge in [0.2, 0.25) is 0 Å². The first kappa shape index (κ1) is 14.0. The molecule has 3 heteroatoms. The average molecular weight is 268 g/mol. The van der Waals surface area contributed by atoms with Crippen molar-refractivity contribution in [3.8, 4) is 5.75 Å². The maximum Gasteiger partial charge on any atom is 0.174 e. The molecular formula is C17H16O3. The number of hydrogen-bond donors (Lipinski definition) is 0. The molecule has 0 unspecified atom stereocenters. The molecule has 0 spiro atoms. The molecule has 20 heavy (non-hydrogen) atoms. The Bertz CT molecular complexity index is 630. The van der Waals surface area contributed by atoms with Crippen LogP contribution in [0.1, 0.15) is 32.7 Å². The van der Waals surface area contributed by atoms with Crippen molar-refractivity contribution in [3.05, 3.63) is 65.2 Å². The van der Waals surface area contributed by atoms with E-state index in [4.69, 9.17) is 4.74 Å². The fourth-order valence-corrected chi connectivity index (χ4v) is 2.00. The highest BCUT2D eigenvalue weighted by Crippen LogP contribution is 2.22. The van der Waals surface area contributed by atoms with Crippen LogP contribution >= 0.6 is 0 Å². The number of benzene rings is 2.